The third-order valence-electron chi connectivity index (χ3n) is 2.79. The number of amides is 2. The number of hydrogen-bond acceptors (Lipinski definition) is 2. The van der Waals surface area contributed by atoms with Crippen LogP contribution in [-0.2, 0) is 0 Å². The van der Waals surface area contributed by atoms with E-state index in [-0.39, 0.29) is 6.03 Å². The van der Waals surface area contributed by atoms with Gasteiger partial charge in [0.1, 0.15) is 0 Å². The molecule has 18 heavy (non-hydrogen) atoms. The Hall–Kier alpha value is -1.71. The highest BCUT2D eigenvalue weighted by atomic mass is 16.2. The van der Waals surface area contributed by atoms with E-state index in [9.17, 15) is 4.79 Å². The molecule has 0 fully saturated rings. The van der Waals surface area contributed by atoms with Crippen LogP contribution in [0.15, 0.2) is 18.2 Å². The van der Waals surface area contributed by atoms with Crippen LogP contribution in [0.4, 0.5) is 16.2 Å². The van der Waals surface area contributed by atoms with Crippen molar-refractivity contribution in [2.75, 3.05) is 30.9 Å². The summed E-state index contributed by atoms with van der Waals surface area (Å²) in [6.45, 7) is 4.82. The van der Waals surface area contributed by atoms with Gasteiger partial charge in [0.15, 0.2) is 0 Å². The van der Waals surface area contributed by atoms with E-state index in [1.165, 1.54) is 0 Å². The molecule has 100 valence electrons. The molecule has 0 radical (unpaired) electrons. The van der Waals surface area contributed by atoms with Crippen LogP contribution in [0.1, 0.15) is 25.3 Å². The van der Waals surface area contributed by atoms with E-state index in [4.69, 9.17) is 0 Å². The number of unbranched alkanes of at least 4 members (excludes halogenated alkanes) is 1. The maximum absolute atomic E-state index is 11.6. The van der Waals surface area contributed by atoms with E-state index in [1.807, 2.05) is 38.1 Å². The van der Waals surface area contributed by atoms with Gasteiger partial charge in [-0.1, -0.05) is 13.3 Å². The van der Waals surface area contributed by atoms with Gasteiger partial charge in [-0.05, 0) is 37.1 Å². The van der Waals surface area contributed by atoms with Crippen molar-refractivity contribution >= 4 is 17.4 Å². The monoisotopic (exact) mass is 249 g/mol. The van der Waals surface area contributed by atoms with E-state index in [0.29, 0.717) is 0 Å². The summed E-state index contributed by atoms with van der Waals surface area (Å²) >= 11 is 0. The number of nitrogens with one attached hydrogen (secondary N) is 2. The quantitative estimate of drug-likeness (QED) is 0.788. The van der Waals surface area contributed by atoms with Crippen LogP contribution in [-0.4, -0.2) is 26.7 Å². The van der Waals surface area contributed by atoms with Crippen molar-refractivity contribution in [3.05, 3.63) is 23.8 Å². The fourth-order valence-corrected chi connectivity index (χ4v) is 1.61. The van der Waals surface area contributed by atoms with Gasteiger partial charge in [-0.3, -0.25) is 0 Å². The number of hydrogen-bond donors (Lipinski definition) is 2. The molecule has 0 saturated carbocycles. The van der Waals surface area contributed by atoms with Crippen LogP contribution in [0, 0.1) is 6.92 Å². The van der Waals surface area contributed by atoms with Gasteiger partial charge in [0.05, 0.1) is 0 Å². The molecular weight excluding hydrogens is 226 g/mol. The number of rotatable bonds is 5. The van der Waals surface area contributed by atoms with Crippen LogP contribution >= 0.6 is 0 Å². The van der Waals surface area contributed by atoms with Crippen molar-refractivity contribution in [3.8, 4) is 0 Å². The zero-order chi connectivity index (χ0) is 13.5. The molecule has 2 N–H and O–H groups in total. The second-order valence-electron chi connectivity index (χ2n) is 4.63. The van der Waals surface area contributed by atoms with Gasteiger partial charge in [0.25, 0.3) is 0 Å². The van der Waals surface area contributed by atoms with E-state index >= 15 is 0 Å². The van der Waals surface area contributed by atoms with E-state index in [1.54, 1.807) is 0 Å². The summed E-state index contributed by atoms with van der Waals surface area (Å²) in [7, 11) is 4.00. The molecular formula is C14H23N3O. The molecule has 1 aromatic carbocycles. The summed E-state index contributed by atoms with van der Waals surface area (Å²) < 4.78 is 0. The lowest BCUT2D eigenvalue weighted by Gasteiger charge is -2.15. The molecule has 0 heterocycles. The van der Waals surface area contributed by atoms with E-state index in [2.05, 4.69) is 23.6 Å². The van der Waals surface area contributed by atoms with Gasteiger partial charge in [-0.2, -0.15) is 0 Å². The molecule has 2 amide bonds. The van der Waals surface area contributed by atoms with Crippen molar-refractivity contribution in [1.29, 1.82) is 0 Å². The lowest BCUT2D eigenvalue weighted by Crippen LogP contribution is -2.29. The highest BCUT2D eigenvalue weighted by molar-refractivity contribution is 5.90. The van der Waals surface area contributed by atoms with Crippen molar-refractivity contribution in [2.24, 2.45) is 0 Å². The molecule has 0 aliphatic heterocycles. The zero-order valence-corrected chi connectivity index (χ0v) is 11.7. The first-order chi connectivity index (χ1) is 8.54. The van der Waals surface area contributed by atoms with Gasteiger partial charge in [0, 0.05) is 32.0 Å². The van der Waals surface area contributed by atoms with Gasteiger partial charge < -0.3 is 15.5 Å². The smallest absolute Gasteiger partial charge is 0.319 e. The normalized spacial score (nSPS) is 10.0. The summed E-state index contributed by atoms with van der Waals surface area (Å²) in [5, 5.41) is 5.70. The number of urea groups is 1. The highest BCUT2D eigenvalue weighted by Crippen LogP contribution is 2.21. The number of carbonyl (C=O) groups excluding carboxylic acids is 1. The first-order valence-corrected chi connectivity index (χ1v) is 6.37. The largest absolute Gasteiger partial charge is 0.378 e. The van der Waals surface area contributed by atoms with Crippen molar-refractivity contribution in [2.45, 2.75) is 26.7 Å². The minimum atomic E-state index is -0.135. The molecule has 4 nitrogen and oxygen atoms in total. The number of nitrogens with zero attached hydrogens (tertiary/aromatic N) is 1. The molecule has 0 unspecified atom stereocenters. The Morgan fingerprint density at radius 1 is 1.33 bits per heavy atom. The molecule has 4 heteroatoms. The highest BCUT2D eigenvalue weighted by Gasteiger charge is 2.05. The van der Waals surface area contributed by atoms with Gasteiger partial charge in [-0.25, -0.2) is 4.79 Å². The first-order valence-electron chi connectivity index (χ1n) is 6.37. The Morgan fingerprint density at radius 3 is 2.61 bits per heavy atom. The standard InChI is InChI=1S/C14H23N3O/c1-5-6-9-15-14(18)16-13-8-7-12(17(3)4)10-11(13)2/h7-8,10H,5-6,9H2,1-4H3,(H2,15,16,18). The van der Waals surface area contributed by atoms with Gasteiger partial charge >= 0.3 is 6.03 Å². The minimum absolute atomic E-state index is 0.135. The van der Waals surface area contributed by atoms with Crippen LogP contribution in [0.2, 0.25) is 0 Å². The lowest BCUT2D eigenvalue weighted by atomic mass is 10.1. The van der Waals surface area contributed by atoms with Crippen molar-refractivity contribution in [1.82, 2.24) is 5.32 Å². The average Bonchev–Trinajstić information content (AvgIpc) is 2.32. The van der Waals surface area contributed by atoms with Crippen molar-refractivity contribution in [3.63, 3.8) is 0 Å². The molecule has 0 bridgehead atoms. The lowest BCUT2D eigenvalue weighted by molar-refractivity contribution is 0.252. The number of benzene rings is 1. The van der Waals surface area contributed by atoms with Crippen LogP contribution in [0.25, 0.3) is 0 Å². The Balaban J connectivity index is 2.59. The van der Waals surface area contributed by atoms with Crippen LogP contribution < -0.4 is 15.5 Å². The number of aryl methyl sites for hydroxylation is 1. The number of anilines is 2. The molecule has 0 atom stereocenters. The minimum Gasteiger partial charge on any atom is -0.378 e. The Labute approximate surface area is 109 Å². The maximum Gasteiger partial charge on any atom is 0.319 e. The zero-order valence-electron chi connectivity index (χ0n) is 11.7. The Bertz CT molecular complexity index is 402. The third kappa shape index (κ3) is 4.28. The Morgan fingerprint density at radius 2 is 2.06 bits per heavy atom. The predicted molar refractivity (Wildman–Crippen MR) is 77.4 cm³/mol. The molecule has 1 aromatic rings. The summed E-state index contributed by atoms with van der Waals surface area (Å²) in [5.41, 5.74) is 3.05. The predicted octanol–water partition coefficient (Wildman–Crippen LogP) is 2.98. The maximum atomic E-state index is 11.6. The number of carbonyl (C=O) groups is 1. The SMILES string of the molecule is CCCCNC(=O)Nc1ccc(N(C)C)cc1C. The summed E-state index contributed by atoms with van der Waals surface area (Å²) in [6.07, 6.45) is 2.09. The topological polar surface area (TPSA) is 44.4 Å². The molecule has 0 aliphatic rings. The molecule has 0 saturated heterocycles. The van der Waals surface area contributed by atoms with Gasteiger partial charge in [-0.15, -0.1) is 0 Å². The Kier molecular flexibility index (Phi) is 5.49. The fraction of sp³-hybridized carbons (Fsp3) is 0.500. The summed E-state index contributed by atoms with van der Waals surface area (Å²) in [6, 6.07) is 5.85. The van der Waals surface area contributed by atoms with Crippen molar-refractivity contribution < 1.29 is 4.79 Å². The van der Waals surface area contributed by atoms with E-state index in [0.717, 1.165) is 36.3 Å². The van der Waals surface area contributed by atoms with E-state index < -0.39 is 0 Å². The molecule has 0 spiro atoms. The molecule has 0 aromatic heterocycles. The summed E-state index contributed by atoms with van der Waals surface area (Å²) in [4.78, 5) is 13.7. The summed E-state index contributed by atoms with van der Waals surface area (Å²) in [5.74, 6) is 0. The third-order valence-corrected chi connectivity index (χ3v) is 2.79. The first kappa shape index (κ1) is 14.4. The average molecular weight is 249 g/mol. The van der Waals surface area contributed by atoms with Crippen LogP contribution in [0.5, 0.6) is 0 Å². The second-order valence-corrected chi connectivity index (χ2v) is 4.63. The molecule has 1 rings (SSSR count). The van der Waals surface area contributed by atoms with Gasteiger partial charge in [0.2, 0.25) is 0 Å². The van der Waals surface area contributed by atoms with Crippen LogP contribution in [0.3, 0.4) is 0 Å². The molecule has 0 aliphatic carbocycles. The second kappa shape index (κ2) is 6.89. The fourth-order valence-electron chi connectivity index (χ4n) is 1.61.